The first kappa shape index (κ1) is 16.1. The minimum Gasteiger partial charge on any atom is -0.338 e. The Kier molecular flexibility index (Phi) is 6.44. The van der Waals surface area contributed by atoms with Crippen molar-refractivity contribution in [2.45, 2.75) is 25.5 Å². The van der Waals surface area contributed by atoms with Gasteiger partial charge in [0.25, 0.3) is 0 Å². The number of urea groups is 1. The minimum atomic E-state index is -0.858. The number of carbonyl (C=O) groups excluding carboxylic acids is 1. The third-order valence-electron chi connectivity index (χ3n) is 2.67. The van der Waals surface area contributed by atoms with Gasteiger partial charge in [0.1, 0.15) is 5.82 Å². The molecule has 1 aromatic heterocycles. The van der Waals surface area contributed by atoms with Crippen molar-refractivity contribution in [3.8, 4) is 0 Å². The Balaban J connectivity index is 2.39. The van der Waals surface area contributed by atoms with E-state index in [1.54, 1.807) is 12.3 Å². The largest absolute Gasteiger partial charge is 0.338 e. The van der Waals surface area contributed by atoms with Crippen LogP contribution in [0.2, 0.25) is 0 Å². The van der Waals surface area contributed by atoms with Crippen LogP contribution in [0.25, 0.3) is 0 Å². The van der Waals surface area contributed by atoms with Crippen LogP contribution in [0.5, 0.6) is 0 Å². The Labute approximate surface area is 124 Å². The Morgan fingerprint density at radius 3 is 2.79 bits per heavy atom. The number of carbonyl (C=O) groups is 1. The van der Waals surface area contributed by atoms with E-state index in [4.69, 9.17) is 0 Å². The Hall–Kier alpha value is -0.950. The number of hydrogen-bond acceptors (Lipinski definition) is 3. The standard InChI is InChI=1S/C12H18BrN3O2S/c1-8(19(3)18)6-7-14-12(17)16-11-5-4-10(13)9(2)15-11/h4-5,8H,6-7H2,1-3H3,(H2,14,15,16,17). The highest BCUT2D eigenvalue weighted by Crippen LogP contribution is 2.15. The average molecular weight is 348 g/mol. The van der Waals surface area contributed by atoms with E-state index in [1.165, 1.54) is 0 Å². The van der Waals surface area contributed by atoms with Crippen LogP contribution in [0.1, 0.15) is 19.0 Å². The van der Waals surface area contributed by atoms with Gasteiger partial charge in [0.15, 0.2) is 0 Å². The molecular formula is C12H18BrN3O2S. The quantitative estimate of drug-likeness (QED) is 0.859. The molecule has 0 saturated heterocycles. The van der Waals surface area contributed by atoms with Gasteiger partial charge in [-0.15, -0.1) is 0 Å². The molecule has 0 aromatic carbocycles. The number of pyridine rings is 1. The lowest BCUT2D eigenvalue weighted by Crippen LogP contribution is -2.31. The van der Waals surface area contributed by atoms with Gasteiger partial charge in [0.05, 0.1) is 5.69 Å². The molecule has 0 bridgehead atoms. The fraction of sp³-hybridized carbons (Fsp3) is 0.500. The Morgan fingerprint density at radius 1 is 1.53 bits per heavy atom. The van der Waals surface area contributed by atoms with Crippen LogP contribution >= 0.6 is 15.9 Å². The molecule has 0 spiro atoms. The Morgan fingerprint density at radius 2 is 2.21 bits per heavy atom. The third-order valence-corrected chi connectivity index (χ3v) is 4.87. The van der Waals surface area contributed by atoms with E-state index in [0.717, 1.165) is 10.2 Å². The van der Waals surface area contributed by atoms with E-state index < -0.39 is 10.8 Å². The molecule has 0 saturated carbocycles. The minimum absolute atomic E-state index is 0.0772. The monoisotopic (exact) mass is 347 g/mol. The number of rotatable bonds is 5. The summed E-state index contributed by atoms with van der Waals surface area (Å²) in [5.41, 5.74) is 0.813. The third kappa shape index (κ3) is 5.69. The Bertz CT molecular complexity index is 482. The number of amides is 2. The van der Waals surface area contributed by atoms with Crippen LogP contribution in [-0.2, 0) is 10.8 Å². The summed E-state index contributed by atoms with van der Waals surface area (Å²) in [6.45, 7) is 4.24. The maximum absolute atomic E-state index is 11.6. The van der Waals surface area contributed by atoms with E-state index in [9.17, 15) is 9.00 Å². The van der Waals surface area contributed by atoms with E-state index in [1.807, 2.05) is 19.9 Å². The van der Waals surface area contributed by atoms with Crippen LogP contribution < -0.4 is 10.6 Å². The summed E-state index contributed by atoms with van der Waals surface area (Å²) >= 11 is 3.35. The summed E-state index contributed by atoms with van der Waals surface area (Å²) in [4.78, 5) is 15.8. The first-order chi connectivity index (χ1) is 8.90. The highest BCUT2D eigenvalue weighted by molar-refractivity contribution is 9.10. The molecule has 2 amide bonds. The second-order valence-corrected chi connectivity index (χ2v) is 6.90. The van der Waals surface area contributed by atoms with Crippen molar-refractivity contribution in [3.05, 3.63) is 22.3 Å². The number of aromatic nitrogens is 1. The predicted octanol–water partition coefficient (Wildman–Crippen LogP) is 2.43. The van der Waals surface area contributed by atoms with Crippen molar-refractivity contribution in [1.29, 1.82) is 0 Å². The molecule has 2 atom stereocenters. The lowest BCUT2D eigenvalue weighted by Gasteiger charge is -2.10. The van der Waals surface area contributed by atoms with Gasteiger partial charge in [-0.25, -0.2) is 9.78 Å². The van der Waals surface area contributed by atoms with Crippen LogP contribution in [0, 0.1) is 6.92 Å². The molecule has 0 aliphatic rings. The molecule has 1 aromatic rings. The highest BCUT2D eigenvalue weighted by atomic mass is 79.9. The van der Waals surface area contributed by atoms with Gasteiger partial charge in [-0.05, 0) is 41.4 Å². The van der Waals surface area contributed by atoms with Gasteiger partial charge in [-0.2, -0.15) is 0 Å². The average Bonchev–Trinajstić information content (AvgIpc) is 2.33. The number of hydrogen-bond donors (Lipinski definition) is 2. The topological polar surface area (TPSA) is 71.1 Å². The molecule has 2 unspecified atom stereocenters. The van der Waals surface area contributed by atoms with E-state index in [2.05, 4.69) is 31.5 Å². The lowest BCUT2D eigenvalue weighted by molar-refractivity contribution is 0.252. The van der Waals surface area contributed by atoms with Gasteiger partial charge in [0.2, 0.25) is 0 Å². The molecule has 7 heteroatoms. The van der Waals surface area contributed by atoms with Crippen LogP contribution in [-0.4, -0.2) is 33.3 Å². The predicted molar refractivity (Wildman–Crippen MR) is 81.8 cm³/mol. The molecule has 0 aliphatic carbocycles. The normalized spacial score (nSPS) is 13.7. The lowest BCUT2D eigenvalue weighted by atomic mass is 10.3. The molecule has 2 N–H and O–H groups in total. The van der Waals surface area contributed by atoms with Gasteiger partial charge in [-0.1, -0.05) is 6.92 Å². The first-order valence-corrected chi connectivity index (χ1v) is 8.32. The molecule has 19 heavy (non-hydrogen) atoms. The van der Waals surface area contributed by atoms with Crippen molar-refractivity contribution >= 4 is 38.6 Å². The molecule has 0 aliphatic heterocycles. The smallest absolute Gasteiger partial charge is 0.320 e. The SMILES string of the molecule is Cc1nc(NC(=O)NCCC(C)S(C)=O)ccc1Br. The van der Waals surface area contributed by atoms with Crippen molar-refractivity contribution in [1.82, 2.24) is 10.3 Å². The van der Waals surface area contributed by atoms with E-state index in [0.29, 0.717) is 18.8 Å². The number of nitrogens with zero attached hydrogens (tertiary/aromatic N) is 1. The molecule has 1 heterocycles. The second-order valence-electron chi connectivity index (χ2n) is 4.24. The molecule has 0 radical (unpaired) electrons. The highest BCUT2D eigenvalue weighted by Gasteiger charge is 2.08. The number of nitrogens with one attached hydrogen (secondary N) is 2. The van der Waals surface area contributed by atoms with Crippen molar-refractivity contribution in [3.63, 3.8) is 0 Å². The molecular weight excluding hydrogens is 330 g/mol. The van der Waals surface area contributed by atoms with E-state index in [-0.39, 0.29) is 11.3 Å². The number of anilines is 1. The van der Waals surface area contributed by atoms with Gasteiger partial charge in [-0.3, -0.25) is 9.53 Å². The summed E-state index contributed by atoms with van der Waals surface area (Å²) in [7, 11) is -0.858. The zero-order chi connectivity index (χ0) is 14.4. The van der Waals surface area contributed by atoms with Gasteiger partial charge in [0, 0.05) is 33.3 Å². The maximum atomic E-state index is 11.6. The molecule has 106 valence electrons. The van der Waals surface area contributed by atoms with Crippen molar-refractivity contribution in [2.24, 2.45) is 0 Å². The fourth-order valence-electron chi connectivity index (χ4n) is 1.33. The zero-order valence-electron chi connectivity index (χ0n) is 11.2. The van der Waals surface area contributed by atoms with Crippen LogP contribution in [0.15, 0.2) is 16.6 Å². The van der Waals surface area contributed by atoms with Crippen molar-refractivity contribution < 1.29 is 9.00 Å². The van der Waals surface area contributed by atoms with Crippen LogP contribution in [0.3, 0.4) is 0 Å². The molecule has 0 fully saturated rings. The summed E-state index contributed by atoms with van der Waals surface area (Å²) < 4.78 is 12.0. The summed E-state index contributed by atoms with van der Waals surface area (Å²) in [6, 6.07) is 3.25. The fourth-order valence-corrected chi connectivity index (χ4v) is 2.00. The summed E-state index contributed by atoms with van der Waals surface area (Å²) in [6.07, 6.45) is 2.35. The van der Waals surface area contributed by atoms with Crippen LogP contribution in [0.4, 0.5) is 10.6 Å². The molecule has 1 rings (SSSR count). The van der Waals surface area contributed by atoms with Gasteiger partial charge < -0.3 is 5.32 Å². The molecule has 5 nitrogen and oxygen atoms in total. The second kappa shape index (κ2) is 7.59. The maximum Gasteiger partial charge on any atom is 0.320 e. The number of halogens is 1. The van der Waals surface area contributed by atoms with E-state index >= 15 is 0 Å². The summed E-state index contributed by atoms with van der Waals surface area (Å²) in [5.74, 6) is 0.505. The summed E-state index contributed by atoms with van der Waals surface area (Å²) in [5, 5.41) is 5.45. The van der Waals surface area contributed by atoms with Crippen molar-refractivity contribution in [2.75, 3.05) is 18.1 Å². The number of aryl methyl sites for hydroxylation is 1. The zero-order valence-corrected chi connectivity index (χ0v) is 13.6. The van der Waals surface area contributed by atoms with Gasteiger partial charge >= 0.3 is 6.03 Å². The first-order valence-electron chi connectivity index (χ1n) is 5.90.